The topological polar surface area (TPSA) is 77.0 Å². The van der Waals surface area contributed by atoms with Crippen LogP contribution in [0.5, 0.6) is 5.75 Å². The van der Waals surface area contributed by atoms with Gasteiger partial charge in [0.15, 0.2) is 0 Å². The summed E-state index contributed by atoms with van der Waals surface area (Å²) in [5.41, 5.74) is 2.35. The van der Waals surface area contributed by atoms with Crippen molar-refractivity contribution in [1.82, 2.24) is 5.32 Å². The van der Waals surface area contributed by atoms with Crippen LogP contribution in [0, 0.1) is 5.92 Å². The molecule has 2 amide bonds. The molecule has 6 heteroatoms. The zero-order valence-electron chi connectivity index (χ0n) is 23.3. The molecule has 1 aromatic carbocycles. The van der Waals surface area contributed by atoms with E-state index >= 15 is 0 Å². The molecule has 1 aliphatic rings. The third-order valence-corrected chi connectivity index (χ3v) is 6.87. The van der Waals surface area contributed by atoms with E-state index in [9.17, 15) is 9.59 Å². The molecular formula is C31H46N2O4. The van der Waals surface area contributed by atoms with Crippen LogP contribution in [0.1, 0.15) is 109 Å². The number of carbonyl (C=O) groups excluding carboxylic acids is 2. The van der Waals surface area contributed by atoms with Crippen molar-refractivity contribution in [2.24, 2.45) is 10.9 Å². The van der Waals surface area contributed by atoms with Gasteiger partial charge in [-0.05, 0) is 45.1 Å². The molecule has 1 aliphatic heterocycles. The lowest BCUT2D eigenvalue weighted by molar-refractivity contribution is -0.146. The average molecular weight is 511 g/mol. The summed E-state index contributed by atoms with van der Waals surface area (Å²) in [6, 6.07) is 5.00. The fraction of sp³-hybridized carbons (Fsp3) is 0.581. The number of aliphatic imine (C=N–C) groups is 1. The maximum atomic E-state index is 12.9. The highest BCUT2D eigenvalue weighted by Crippen LogP contribution is 2.41. The Balaban J connectivity index is 2.39. The van der Waals surface area contributed by atoms with Crippen molar-refractivity contribution in [1.29, 1.82) is 0 Å². The number of benzene rings is 1. The molecule has 0 saturated carbocycles. The molecule has 2 rings (SSSR count). The van der Waals surface area contributed by atoms with Gasteiger partial charge < -0.3 is 14.8 Å². The van der Waals surface area contributed by atoms with E-state index in [0.717, 1.165) is 36.1 Å². The van der Waals surface area contributed by atoms with Gasteiger partial charge in [-0.15, -0.1) is 0 Å². The number of esters is 1. The first kappa shape index (κ1) is 30.3. The predicted molar refractivity (Wildman–Crippen MR) is 151 cm³/mol. The molecule has 204 valence electrons. The van der Waals surface area contributed by atoms with Crippen molar-refractivity contribution in [2.45, 2.75) is 97.4 Å². The van der Waals surface area contributed by atoms with Gasteiger partial charge in [-0.3, -0.25) is 4.79 Å². The van der Waals surface area contributed by atoms with E-state index in [1.54, 1.807) is 19.9 Å². The number of amides is 2. The maximum absolute atomic E-state index is 12.9. The number of hydrogen-bond acceptors (Lipinski definition) is 4. The maximum Gasteiger partial charge on any atom is 0.341 e. The summed E-state index contributed by atoms with van der Waals surface area (Å²) in [6.07, 6.45) is 16.7. The number of allylic oxidation sites excluding steroid dienone is 3. The Morgan fingerprint density at radius 2 is 1.84 bits per heavy atom. The van der Waals surface area contributed by atoms with E-state index in [0.29, 0.717) is 12.3 Å². The zero-order valence-corrected chi connectivity index (χ0v) is 23.3. The van der Waals surface area contributed by atoms with Gasteiger partial charge in [-0.1, -0.05) is 94.9 Å². The van der Waals surface area contributed by atoms with Crippen LogP contribution in [-0.2, 0) is 9.53 Å². The number of nitrogens with one attached hydrogen (secondary N) is 1. The first-order chi connectivity index (χ1) is 18.0. The largest absolute Gasteiger partial charge is 0.493 e. The number of unbranched alkanes of at least 4 members (excludes halogenated alkanes) is 6. The summed E-state index contributed by atoms with van der Waals surface area (Å²) in [5, 5.41) is 2.91. The molecule has 0 aromatic heterocycles. The van der Waals surface area contributed by atoms with Gasteiger partial charge in [0.2, 0.25) is 0 Å². The Hall–Kier alpha value is -2.89. The molecule has 1 heterocycles. The molecule has 0 saturated heterocycles. The number of urea groups is 1. The number of nitrogens with zero attached hydrogens (tertiary/aromatic N) is 1. The summed E-state index contributed by atoms with van der Waals surface area (Å²) in [7, 11) is 0. The van der Waals surface area contributed by atoms with Crippen LogP contribution in [0.15, 0.2) is 48.0 Å². The summed E-state index contributed by atoms with van der Waals surface area (Å²) >= 11 is 0. The minimum absolute atomic E-state index is 0.253. The van der Waals surface area contributed by atoms with Crippen molar-refractivity contribution in [3.8, 4) is 5.75 Å². The molecule has 0 aliphatic carbocycles. The van der Waals surface area contributed by atoms with Crippen LogP contribution in [0.2, 0.25) is 0 Å². The SMILES string of the molecule is C=CC=CCC(CCCCCCCCC)c1cccc(C2NC(=O)N=C(C)C2C(=O)OCC)c1OCC. The normalized spacial score (nSPS) is 18.3. The fourth-order valence-corrected chi connectivity index (χ4v) is 5.05. The highest BCUT2D eigenvalue weighted by molar-refractivity contribution is 6.08. The number of ether oxygens (including phenoxy) is 2. The Morgan fingerprint density at radius 3 is 2.51 bits per heavy atom. The van der Waals surface area contributed by atoms with E-state index in [1.807, 2.05) is 25.1 Å². The van der Waals surface area contributed by atoms with Gasteiger partial charge in [0.05, 0.1) is 19.3 Å². The standard InChI is InChI=1S/C31H46N2O4/c1-6-10-12-13-14-15-17-20-24(19-16-11-7-2)25-21-18-22-26(29(25)36-8-3)28-27(30(34)37-9-4)23(5)32-31(35)33-28/h7,11,16,18,21-22,24,27-28H,2,6,8-10,12-15,17,19-20H2,1,3-5H3,(H,33,35). The smallest absolute Gasteiger partial charge is 0.341 e. The number of rotatable bonds is 17. The van der Waals surface area contributed by atoms with Crippen LogP contribution < -0.4 is 10.1 Å². The van der Waals surface area contributed by atoms with E-state index in [1.165, 1.54) is 38.5 Å². The highest BCUT2D eigenvalue weighted by Gasteiger charge is 2.40. The monoisotopic (exact) mass is 510 g/mol. The molecule has 37 heavy (non-hydrogen) atoms. The molecule has 6 nitrogen and oxygen atoms in total. The zero-order chi connectivity index (χ0) is 27.0. The number of para-hydroxylation sites is 1. The van der Waals surface area contributed by atoms with Crippen LogP contribution in [0.25, 0.3) is 0 Å². The van der Waals surface area contributed by atoms with Gasteiger partial charge >= 0.3 is 12.0 Å². The van der Waals surface area contributed by atoms with Gasteiger partial charge in [0, 0.05) is 11.3 Å². The summed E-state index contributed by atoms with van der Waals surface area (Å²) < 4.78 is 11.6. The van der Waals surface area contributed by atoms with Crippen LogP contribution in [-0.4, -0.2) is 30.9 Å². The second kappa shape index (κ2) is 16.8. The van der Waals surface area contributed by atoms with Crippen LogP contribution >= 0.6 is 0 Å². The van der Waals surface area contributed by atoms with Crippen LogP contribution in [0.3, 0.4) is 0 Å². The summed E-state index contributed by atoms with van der Waals surface area (Å²) in [4.78, 5) is 29.3. The first-order valence-electron chi connectivity index (χ1n) is 14.0. The van der Waals surface area contributed by atoms with E-state index in [-0.39, 0.29) is 12.5 Å². The van der Waals surface area contributed by atoms with Gasteiger partial charge in [0.1, 0.15) is 11.7 Å². The van der Waals surface area contributed by atoms with E-state index in [2.05, 4.69) is 36.0 Å². The quantitative estimate of drug-likeness (QED) is 0.131. The molecule has 3 unspecified atom stereocenters. The molecule has 3 atom stereocenters. The molecule has 0 bridgehead atoms. The predicted octanol–water partition coefficient (Wildman–Crippen LogP) is 7.85. The number of carbonyl (C=O) groups is 2. The minimum Gasteiger partial charge on any atom is -0.493 e. The molecular weight excluding hydrogens is 464 g/mol. The fourth-order valence-electron chi connectivity index (χ4n) is 5.05. The lowest BCUT2D eigenvalue weighted by atomic mass is 9.83. The molecule has 0 spiro atoms. The van der Waals surface area contributed by atoms with Gasteiger partial charge in [-0.25, -0.2) is 9.79 Å². The van der Waals surface area contributed by atoms with Gasteiger partial charge in [-0.2, -0.15) is 0 Å². The lowest BCUT2D eigenvalue weighted by Gasteiger charge is -2.32. The number of hydrogen-bond donors (Lipinski definition) is 1. The molecule has 0 fully saturated rings. The van der Waals surface area contributed by atoms with Crippen molar-refractivity contribution < 1.29 is 19.1 Å². The third kappa shape index (κ3) is 9.17. The molecule has 0 radical (unpaired) electrons. The Kier molecular flexibility index (Phi) is 13.8. The Morgan fingerprint density at radius 1 is 1.11 bits per heavy atom. The molecule has 1 aromatic rings. The lowest BCUT2D eigenvalue weighted by Crippen LogP contribution is -2.44. The third-order valence-electron chi connectivity index (χ3n) is 6.87. The minimum atomic E-state index is -0.700. The Bertz CT molecular complexity index is 937. The van der Waals surface area contributed by atoms with Gasteiger partial charge in [0.25, 0.3) is 0 Å². The summed E-state index contributed by atoms with van der Waals surface area (Å²) in [6.45, 7) is 12.2. The van der Waals surface area contributed by atoms with E-state index < -0.39 is 24.0 Å². The second-order valence-electron chi connectivity index (χ2n) is 9.62. The molecule has 1 N–H and O–H groups in total. The van der Waals surface area contributed by atoms with Crippen molar-refractivity contribution in [2.75, 3.05) is 13.2 Å². The highest BCUT2D eigenvalue weighted by atomic mass is 16.5. The van der Waals surface area contributed by atoms with Crippen LogP contribution in [0.4, 0.5) is 4.79 Å². The van der Waals surface area contributed by atoms with Crippen molar-refractivity contribution in [3.05, 3.63) is 54.1 Å². The van der Waals surface area contributed by atoms with Crippen molar-refractivity contribution in [3.63, 3.8) is 0 Å². The second-order valence-corrected chi connectivity index (χ2v) is 9.62. The first-order valence-corrected chi connectivity index (χ1v) is 14.0. The average Bonchev–Trinajstić information content (AvgIpc) is 2.87. The van der Waals surface area contributed by atoms with Crippen molar-refractivity contribution >= 4 is 17.7 Å². The van der Waals surface area contributed by atoms with E-state index in [4.69, 9.17) is 9.47 Å². The Labute approximate surface area is 223 Å². The summed E-state index contributed by atoms with van der Waals surface area (Å²) in [5.74, 6) is -0.0906.